The van der Waals surface area contributed by atoms with Gasteiger partial charge >= 0.3 is 5.97 Å². The second kappa shape index (κ2) is 12.7. The van der Waals surface area contributed by atoms with Crippen molar-refractivity contribution in [2.45, 2.75) is 135 Å². The van der Waals surface area contributed by atoms with Crippen molar-refractivity contribution in [3.63, 3.8) is 0 Å². The first-order valence-electron chi connectivity index (χ1n) is 14.5. The second-order valence-corrected chi connectivity index (χ2v) is 11.9. The Hall–Kier alpha value is -1.11. The molecular formula is C30H46F2O2. The van der Waals surface area contributed by atoms with E-state index in [2.05, 4.69) is 18.8 Å². The van der Waals surface area contributed by atoms with Crippen molar-refractivity contribution in [2.75, 3.05) is 0 Å². The van der Waals surface area contributed by atoms with Crippen molar-refractivity contribution in [1.29, 1.82) is 0 Å². The van der Waals surface area contributed by atoms with Gasteiger partial charge in [-0.05, 0) is 94.8 Å². The van der Waals surface area contributed by atoms with Crippen LogP contribution >= 0.6 is 0 Å². The molecule has 0 N–H and O–H groups in total. The molecule has 0 aromatic heterocycles. The number of ether oxygens (including phenoxy) is 1. The van der Waals surface area contributed by atoms with Crippen LogP contribution in [0.1, 0.15) is 116 Å². The molecule has 0 saturated heterocycles. The molecule has 0 amide bonds. The van der Waals surface area contributed by atoms with Crippen LogP contribution in [-0.2, 0) is 9.53 Å². The third-order valence-electron chi connectivity index (χ3n) is 9.51. The number of carbonyl (C=O) groups excluding carboxylic acids is 1. The van der Waals surface area contributed by atoms with Crippen molar-refractivity contribution in [3.8, 4) is 11.8 Å². The summed E-state index contributed by atoms with van der Waals surface area (Å²) in [6.07, 6.45) is 14.7. The molecule has 4 aliphatic carbocycles. The molecule has 4 fully saturated rings. The Labute approximate surface area is 206 Å². The molecule has 2 nitrogen and oxygen atoms in total. The number of halogens is 2. The van der Waals surface area contributed by atoms with E-state index >= 15 is 0 Å². The van der Waals surface area contributed by atoms with Gasteiger partial charge in [-0.15, -0.1) is 0 Å². The number of esters is 1. The Morgan fingerprint density at radius 1 is 0.735 bits per heavy atom. The molecule has 0 aromatic rings. The van der Waals surface area contributed by atoms with Gasteiger partial charge in [0.2, 0.25) is 0 Å². The van der Waals surface area contributed by atoms with E-state index in [1.165, 1.54) is 64.2 Å². The van der Waals surface area contributed by atoms with Gasteiger partial charge in [-0.25, -0.2) is 8.78 Å². The van der Waals surface area contributed by atoms with Crippen LogP contribution in [0.4, 0.5) is 8.78 Å². The first-order chi connectivity index (χ1) is 16.5. The molecule has 4 heteroatoms. The molecular weight excluding hydrogens is 430 g/mol. The lowest BCUT2D eigenvalue weighted by molar-refractivity contribution is -0.158. The Bertz CT molecular complexity index is 688. The largest absolute Gasteiger partial charge is 0.462 e. The highest BCUT2D eigenvalue weighted by Gasteiger charge is 2.35. The van der Waals surface area contributed by atoms with E-state index in [1.807, 2.05) is 0 Å². The molecule has 0 spiro atoms. The third-order valence-corrected chi connectivity index (χ3v) is 9.51. The number of rotatable bonds is 5. The third kappa shape index (κ3) is 7.20. The molecule has 0 aliphatic heterocycles. The Balaban J connectivity index is 1.12. The van der Waals surface area contributed by atoms with E-state index in [0.717, 1.165) is 43.4 Å². The van der Waals surface area contributed by atoms with Gasteiger partial charge in [0, 0.05) is 18.3 Å². The zero-order valence-corrected chi connectivity index (χ0v) is 21.3. The Morgan fingerprint density at radius 3 is 1.85 bits per heavy atom. The summed E-state index contributed by atoms with van der Waals surface area (Å²) in [7, 11) is 0. The molecule has 0 aromatic carbocycles. The van der Waals surface area contributed by atoms with Gasteiger partial charge in [-0.2, -0.15) is 0 Å². The van der Waals surface area contributed by atoms with E-state index in [4.69, 9.17) is 4.74 Å². The molecule has 3 atom stereocenters. The molecule has 34 heavy (non-hydrogen) atoms. The van der Waals surface area contributed by atoms with Gasteiger partial charge in [0.05, 0.1) is 5.92 Å². The lowest BCUT2D eigenvalue weighted by Crippen LogP contribution is -2.35. The molecule has 4 rings (SSSR count). The van der Waals surface area contributed by atoms with Crippen LogP contribution in [0.25, 0.3) is 0 Å². The van der Waals surface area contributed by atoms with Crippen LogP contribution in [-0.4, -0.2) is 24.4 Å². The monoisotopic (exact) mass is 476 g/mol. The predicted molar refractivity (Wildman–Crippen MR) is 133 cm³/mol. The van der Waals surface area contributed by atoms with E-state index in [1.54, 1.807) is 0 Å². The molecule has 4 aliphatic rings. The minimum absolute atomic E-state index is 0.0100. The molecule has 4 saturated carbocycles. The smallest absolute Gasteiger partial charge is 0.309 e. The van der Waals surface area contributed by atoms with Gasteiger partial charge in [0.15, 0.2) is 0 Å². The second-order valence-electron chi connectivity index (χ2n) is 11.9. The quantitative estimate of drug-likeness (QED) is 0.297. The van der Waals surface area contributed by atoms with Crippen LogP contribution < -0.4 is 0 Å². The summed E-state index contributed by atoms with van der Waals surface area (Å²) in [6, 6.07) is 0. The van der Waals surface area contributed by atoms with Crippen molar-refractivity contribution in [2.24, 2.45) is 35.5 Å². The highest BCUT2D eigenvalue weighted by molar-refractivity contribution is 5.72. The fraction of sp³-hybridized carbons (Fsp3) is 0.900. The maximum Gasteiger partial charge on any atom is 0.309 e. The highest BCUT2D eigenvalue weighted by Crippen LogP contribution is 2.42. The fourth-order valence-corrected chi connectivity index (χ4v) is 7.21. The molecule has 0 bridgehead atoms. The SMILES string of the molecule is CCCC1CCC(C2CCC(C#CC3CCC(C(=O)OC4CCC(F)C(F)C4)CC3)CC2)CC1. The van der Waals surface area contributed by atoms with E-state index in [9.17, 15) is 13.6 Å². The molecule has 0 heterocycles. The lowest BCUT2D eigenvalue weighted by atomic mass is 9.69. The van der Waals surface area contributed by atoms with E-state index < -0.39 is 18.4 Å². The first kappa shape index (κ1) is 26.0. The van der Waals surface area contributed by atoms with Gasteiger partial charge in [-0.1, -0.05) is 44.4 Å². The van der Waals surface area contributed by atoms with Gasteiger partial charge in [0.25, 0.3) is 0 Å². The van der Waals surface area contributed by atoms with Crippen LogP contribution in [0.5, 0.6) is 0 Å². The molecule has 0 radical (unpaired) electrons. The number of hydrogen-bond donors (Lipinski definition) is 0. The molecule has 192 valence electrons. The first-order valence-corrected chi connectivity index (χ1v) is 14.5. The average Bonchev–Trinajstić information content (AvgIpc) is 2.86. The van der Waals surface area contributed by atoms with Crippen LogP contribution in [0.15, 0.2) is 0 Å². The Kier molecular flexibility index (Phi) is 9.72. The van der Waals surface area contributed by atoms with Crippen LogP contribution in [0.2, 0.25) is 0 Å². The van der Waals surface area contributed by atoms with E-state index in [-0.39, 0.29) is 24.7 Å². The van der Waals surface area contributed by atoms with E-state index in [0.29, 0.717) is 18.3 Å². The van der Waals surface area contributed by atoms with Gasteiger partial charge in [0.1, 0.15) is 18.4 Å². The van der Waals surface area contributed by atoms with Crippen molar-refractivity contribution in [3.05, 3.63) is 0 Å². The minimum atomic E-state index is -1.49. The number of hydrogen-bond acceptors (Lipinski definition) is 2. The molecule has 3 unspecified atom stereocenters. The number of carbonyl (C=O) groups is 1. The summed E-state index contributed by atoms with van der Waals surface area (Å²) in [5.41, 5.74) is 0. The van der Waals surface area contributed by atoms with Gasteiger partial charge < -0.3 is 4.74 Å². The van der Waals surface area contributed by atoms with Gasteiger partial charge in [-0.3, -0.25) is 4.79 Å². The van der Waals surface area contributed by atoms with Crippen molar-refractivity contribution >= 4 is 5.97 Å². The number of alkyl halides is 2. The van der Waals surface area contributed by atoms with Crippen LogP contribution in [0.3, 0.4) is 0 Å². The lowest BCUT2D eigenvalue weighted by Gasteiger charge is -2.37. The maximum absolute atomic E-state index is 13.6. The Morgan fingerprint density at radius 2 is 1.29 bits per heavy atom. The van der Waals surface area contributed by atoms with Crippen molar-refractivity contribution < 1.29 is 18.3 Å². The summed E-state index contributed by atoms with van der Waals surface area (Å²) < 4.78 is 32.4. The topological polar surface area (TPSA) is 26.3 Å². The standard InChI is InChI=1S/C30H46F2O2/c1-2-3-21-6-12-24(13-7-21)25-14-8-22(9-15-25)4-5-23-10-16-26(17-11-23)30(33)34-27-18-19-28(31)29(32)20-27/h21-29H,2-3,6-20H2,1H3. The zero-order valence-electron chi connectivity index (χ0n) is 21.3. The fourth-order valence-electron chi connectivity index (χ4n) is 7.21. The zero-order chi connectivity index (χ0) is 23.9. The summed E-state index contributed by atoms with van der Waals surface area (Å²) in [5, 5.41) is 0. The average molecular weight is 477 g/mol. The minimum Gasteiger partial charge on any atom is -0.462 e. The summed E-state index contributed by atoms with van der Waals surface area (Å²) in [4.78, 5) is 12.5. The summed E-state index contributed by atoms with van der Waals surface area (Å²) >= 11 is 0. The normalized spacial score (nSPS) is 41.2. The predicted octanol–water partition coefficient (Wildman–Crippen LogP) is 7.98. The highest BCUT2D eigenvalue weighted by atomic mass is 19.2. The van der Waals surface area contributed by atoms with Crippen LogP contribution in [0, 0.1) is 47.3 Å². The maximum atomic E-state index is 13.6. The summed E-state index contributed by atoms with van der Waals surface area (Å²) in [6.45, 7) is 2.32. The van der Waals surface area contributed by atoms with Crippen molar-refractivity contribution in [1.82, 2.24) is 0 Å². The summed E-state index contributed by atoms with van der Waals surface area (Å²) in [5.74, 6) is 10.7.